The SMILES string of the molecule is Cc1nc(-c2ccco2)sc1CNC(=O)c1ccc(Br)cc1. The Labute approximate surface area is 140 Å². The van der Waals surface area contributed by atoms with Crippen LogP contribution in [0.1, 0.15) is 20.9 Å². The Morgan fingerprint density at radius 2 is 2.09 bits per heavy atom. The Bertz CT molecular complexity index is 779. The molecule has 2 heterocycles. The average molecular weight is 377 g/mol. The van der Waals surface area contributed by atoms with Gasteiger partial charge in [-0.1, -0.05) is 15.9 Å². The van der Waals surface area contributed by atoms with Crippen LogP contribution in [0.15, 0.2) is 51.6 Å². The van der Waals surface area contributed by atoms with Gasteiger partial charge in [0.15, 0.2) is 10.8 Å². The van der Waals surface area contributed by atoms with Gasteiger partial charge in [0.1, 0.15) is 0 Å². The first-order valence-electron chi connectivity index (χ1n) is 6.67. The number of hydrogen-bond donors (Lipinski definition) is 1. The molecule has 1 amide bonds. The zero-order valence-electron chi connectivity index (χ0n) is 11.8. The molecule has 3 rings (SSSR count). The number of halogens is 1. The lowest BCUT2D eigenvalue weighted by molar-refractivity contribution is 0.0951. The molecule has 4 nitrogen and oxygen atoms in total. The first-order chi connectivity index (χ1) is 10.6. The van der Waals surface area contributed by atoms with E-state index in [2.05, 4.69) is 26.2 Å². The molecule has 2 aromatic heterocycles. The smallest absolute Gasteiger partial charge is 0.251 e. The van der Waals surface area contributed by atoms with Crippen molar-refractivity contribution in [2.24, 2.45) is 0 Å². The number of thiazole rings is 1. The van der Waals surface area contributed by atoms with Gasteiger partial charge in [-0.3, -0.25) is 4.79 Å². The van der Waals surface area contributed by atoms with Gasteiger partial charge >= 0.3 is 0 Å². The van der Waals surface area contributed by atoms with Crippen LogP contribution in [0.5, 0.6) is 0 Å². The predicted molar refractivity (Wildman–Crippen MR) is 89.9 cm³/mol. The highest BCUT2D eigenvalue weighted by Crippen LogP contribution is 2.28. The predicted octanol–water partition coefficient (Wildman–Crippen LogP) is 4.40. The van der Waals surface area contributed by atoms with Gasteiger partial charge in [-0.2, -0.15) is 0 Å². The molecule has 0 bridgehead atoms. The monoisotopic (exact) mass is 376 g/mol. The highest BCUT2D eigenvalue weighted by atomic mass is 79.9. The minimum Gasteiger partial charge on any atom is -0.462 e. The first kappa shape index (κ1) is 15.0. The summed E-state index contributed by atoms with van der Waals surface area (Å²) in [6, 6.07) is 11.0. The average Bonchev–Trinajstić information content (AvgIpc) is 3.15. The van der Waals surface area contributed by atoms with E-state index in [1.807, 2.05) is 31.2 Å². The third kappa shape index (κ3) is 3.28. The van der Waals surface area contributed by atoms with Crippen molar-refractivity contribution in [3.8, 4) is 10.8 Å². The van der Waals surface area contributed by atoms with Gasteiger partial charge in [0, 0.05) is 14.9 Å². The van der Waals surface area contributed by atoms with Gasteiger partial charge in [-0.15, -0.1) is 11.3 Å². The largest absolute Gasteiger partial charge is 0.462 e. The van der Waals surface area contributed by atoms with Crippen molar-refractivity contribution in [1.82, 2.24) is 10.3 Å². The Morgan fingerprint density at radius 3 is 2.77 bits per heavy atom. The van der Waals surface area contributed by atoms with E-state index in [1.54, 1.807) is 18.4 Å². The van der Waals surface area contributed by atoms with E-state index in [-0.39, 0.29) is 5.91 Å². The van der Waals surface area contributed by atoms with Crippen LogP contribution in [-0.4, -0.2) is 10.9 Å². The molecule has 0 unspecified atom stereocenters. The number of carbonyl (C=O) groups is 1. The van der Waals surface area contributed by atoms with Crippen LogP contribution in [0, 0.1) is 6.92 Å². The molecule has 0 aliphatic rings. The molecule has 1 N–H and O–H groups in total. The van der Waals surface area contributed by atoms with Crippen molar-refractivity contribution in [3.63, 3.8) is 0 Å². The number of aromatic nitrogens is 1. The van der Waals surface area contributed by atoms with E-state index in [0.29, 0.717) is 12.1 Å². The highest BCUT2D eigenvalue weighted by Gasteiger charge is 2.12. The molecule has 6 heteroatoms. The summed E-state index contributed by atoms with van der Waals surface area (Å²) in [5.74, 6) is 0.651. The summed E-state index contributed by atoms with van der Waals surface area (Å²) in [5.41, 5.74) is 1.55. The van der Waals surface area contributed by atoms with Gasteiger partial charge in [-0.05, 0) is 43.3 Å². The number of furan rings is 1. The molecule has 0 aliphatic heterocycles. The van der Waals surface area contributed by atoms with Crippen molar-refractivity contribution in [3.05, 3.63) is 63.3 Å². The van der Waals surface area contributed by atoms with Crippen LogP contribution in [0.25, 0.3) is 10.8 Å². The zero-order valence-corrected chi connectivity index (χ0v) is 14.2. The summed E-state index contributed by atoms with van der Waals surface area (Å²) in [6.07, 6.45) is 1.63. The van der Waals surface area contributed by atoms with E-state index in [9.17, 15) is 4.79 Å². The van der Waals surface area contributed by atoms with Crippen molar-refractivity contribution in [1.29, 1.82) is 0 Å². The highest BCUT2D eigenvalue weighted by molar-refractivity contribution is 9.10. The summed E-state index contributed by atoms with van der Waals surface area (Å²) in [6.45, 7) is 2.39. The van der Waals surface area contributed by atoms with Crippen molar-refractivity contribution < 1.29 is 9.21 Å². The van der Waals surface area contributed by atoms with E-state index >= 15 is 0 Å². The Balaban J connectivity index is 1.69. The van der Waals surface area contributed by atoms with Crippen LogP contribution in [-0.2, 0) is 6.54 Å². The molecule has 3 aromatic rings. The number of hydrogen-bond acceptors (Lipinski definition) is 4. The minimum atomic E-state index is -0.0974. The number of nitrogens with zero attached hydrogens (tertiary/aromatic N) is 1. The molecular formula is C16H13BrN2O2S. The lowest BCUT2D eigenvalue weighted by Gasteiger charge is -2.04. The molecule has 0 saturated carbocycles. The van der Waals surface area contributed by atoms with Gasteiger partial charge in [0.25, 0.3) is 5.91 Å². The van der Waals surface area contributed by atoms with Gasteiger partial charge < -0.3 is 9.73 Å². The molecule has 0 fully saturated rings. The van der Waals surface area contributed by atoms with E-state index in [0.717, 1.165) is 25.8 Å². The summed E-state index contributed by atoms with van der Waals surface area (Å²) in [5, 5.41) is 3.75. The number of carbonyl (C=O) groups excluding carboxylic acids is 1. The van der Waals surface area contributed by atoms with Crippen LogP contribution in [0.4, 0.5) is 0 Å². The summed E-state index contributed by atoms with van der Waals surface area (Å²) in [7, 11) is 0. The second kappa shape index (κ2) is 6.46. The van der Waals surface area contributed by atoms with E-state index in [4.69, 9.17) is 4.42 Å². The topological polar surface area (TPSA) is 55.1 Å². The maximum Gasteiger partial charge on any atom is 0.251 e. The first-order valence-corrected chi connectivity index (χ1v) is 8.28. The molecule has 0 radical (unpaired) electrons. The minimum absolute atomic E-state index is 0.0974. The summed E-state index contributed by atoms with van der Waals surface area (Å²) >= 11 is 4.88. The van der Waals surface area contributed by atoms with Crippen LogP contribution in [0.2, 0.25) is 0 Å². The second-order valence-electron chi connectivity index (χ2n) is 4.69. The Hall–Kier alpha value is -1.92. The van der Waals surface area contributed by atoms with Crippen LogP contribution < -0.4 is 5.32 Å². The number of benzene rings is 1. The third-order valence-corrected chi connectivity index (χ3v) is 4.84. The molecular weight excluding hydrogens is 364 g/mol. The second-order valence-corrected chi connectivity index (χ2v) is 6.69. The molecule has 22 heavy (non-hydrogen) atoms. The Kier molecular flexibility index (Phi) is 4.40. The molecule has 0 aliphatic carbocycles. The molecule has 0 spiro atoms. The molecule has 0 atom stereocenters. The quantitative estimate of drug-likeness (QED) is 0.733. The zero-order chi connectivity index (χ0) is 15.5. The Morgan fingerprint density at radius 1 is 1.32 bits per heavy atom. The lowest BCUT2D eigenvalue weighted by atomic mass is 10.2. The molecule has 0 saturated heterocycles. The summed E-state index contributed by atoms with van der Waals surface area (Å²) in [4.78, 5) is 17.6. The third-order valence-electron chi connectivity index (χ3n) is 3.14. The van der Waals surface area contributed by atoms with Crippen molar-refractivity contribution >= 4 is 33.2 Å². The fraction of sp³-hybridized carbons (Fsp3) is 0.125. The number of nitrogens with one attached hydrogen (secondary N) is 1. The number of rotatable bonds is 4. The maximum atomic E-state index is 12.1. The number of amides is 1. The lowest BCUT2D eigenvalue weighted by Crippen LogP contribution is -2.22. The normalized spacial score (nSPS) is 10.6. The standard InChI is InChI=1S/C16H13BrN2O2S/c1-10-14(22-16(19-10)13-3-2-8-21-13)9-18-15(20)11-4-6-12(17)7-5-11/h2-8H,9H2,1H3,(H,18,20). The molecule has 1 aromatic carbocycles. The van der Waals surface area contributed by atoms with Gasteiger partial charge in [0.05, 0.1) is 18.5 Å². The van der Waals surface area contributed by atoms with Crippen molar-refractivity contribution in [2.45, 2.75) is 13.5 Å². The fourth-order valence-corrected chi connectivity index (χ4v) is 3.20. The fourth-order valence-electron chi connectivity index (χ4n) is 1.96. The maximum absolute atomic E-state index is 12.1. The van der Waals surface area contributed by atoms with Crippen LogP contribution in [0.3, 0.4) is 0 Å². The van der Waals surface area contributed by atoms with Crippen LogP contribution >= 0.6 is 27.3 Å². The van der Waals surface area contributed by atoms with E-state index < -0.39 is 0 Å². The van der Waals surface area contributed by atoms with Crippen molar-refractivity contribution in [2.75, 3.05) is 0 Å². The van der Waals surface area contributed by atoms with Gasteiger partial charge in [0.2, 0.25) is 0 Å². The van der Waals surface area contributed by atoms with E-state index in [1.165, 1.54) is 11.3 Å². The molecule has 112 valence electrons. The number of aryl methyl sites for hydroxylation is 1. The van der Waals surface area contributed by atoms with Gasteiger partial charge in [-0.25, -0.2) is 4.98 Å². The summed E-state index contributed by atoms with van der Waals surface area (Å²) < 4.78 is 6.30.